The van der Waals surface area contributed by atoms with Gasteiger partial charge in [0.2, 0.25) is 0 Å². The first kappa shape index (κ1) is 29.7. The number of aromatic hydroxyl groups is 1. The number of thioether (sulfide) groups is 1. The second-order valence-corrected chi connectivity index (χ2v) is 15.1. The highest BCUT2D eigenvalue weighted by atomic mass is 32.2. The first-order valence-corrected chi connectivity index (χ1v) is 17.2. The minimum absolute atomic E-state index is 0.0105. The molecule has 3 saturated heterocycles. The molecule has 1 aromatic heterocycles. The van der Waals surface area contributed by atoms with Gasteiger partial charge in [0.15, 0.2) is 5.82 Å². The number of anilines is 1. The first-order chi connectivity index (χ1) is 22.3. The Labute approximate surface area is 271 Å². The number of benzene rings is 3. The van der Waals surface area contributed by atoms with Crippen molar-refractivity contribution >= 4 is 39.3 Å². The van der Waals surface area contributed by atoms with Crippen LogP contribution in [0.25, 0.3) is 32.8 Å². The monoisotopic (exact) mass is 641 g/mol. The van der Waals surface area contributed by atoms with Crippen molar-refractivity contribution in [3.63, 3.8) is 0 Å². The minimum atomic E-state index is -0.832. The number of phenolic OH excluding ortho intramolecular Hbond substituents is 1. The molecule has 1 aliphatic carbocycles. The standard InChI is InChI=1S/C36H37F2N5O2S/c1-3-22-5-4-6-23-13-26(44)14-27(30(22)23)31-29(37)15-28-33(32(31)38)40-35(41-34(28)43-17-24-7-8-25(18-43)39-24)45-20-36(9-10-36)19-42-11-12-46-21(2)16-42/h1,4-6,13-15,21,24-25,39,44H,7-12,16-20H2,2H3/t21-,24?,25?/m1/s1. The Balaban J connectivity index is 1.22. The van der Waals surface area contributed by atoms with E-state index in [1.54, 1.807) is 24.3 Å². The van der Waals surface area contributed by atoms with Crippen LogP contribution in [0.3, 0.4) is 0 Å². The number of nitrogens with one attached hydrogen (secondary N) is 1. The van der Waals surface area contributed by atoms with E-state index in [1.807, 2.05) is 11.8 Å². The lowest BCUT2D eigenvalue weighted by Gasteiger charge is -2.34. The second-order valence-electron chi connectivity index (χ2n) is 13.6. The molecule has 238 valence electrons. The number of terminal acetylenes is 1. The van der Waals surface area contributed by atoms with Crippen molar-refractivity contribution in [2.75, 3.05) is 50.0 Å². The van der Waals surface area contributed by atoms with E-state index in [0.717, 1.165) is 51.1 Å². The quantitative estimate of drug-likeness (QED) is 0.240. The number of halogens is 2. The van der Waals surface area contributed by atoms with Crippen LogP contribution < -0.4 is 15.0 Å². The maximum absolute atomic E-state index is 16.9. The van der Waals surface area contributed by atoms with Crippen LogP contribution in [-0.2, 0) is 0 Å². The van der Waals surface area contributed by atoms with Gasteiger partial charge in [0.1, 0.15) is 22.9 Å². The van der Waals surface area contributed by atoms with Gasteiger partial charge in [-0.2, -0.15) is 21.7 Å². The zero-order valence-electron chi connectivity index (χ0n) is 25.9. The van der Waals surface area contributed by atoms with Crippen molar-refractivity contribution in [2.24, 2.45) is 5.41 Å². The number of hydrogen-bond donors (Lipinski definition) is 2. The number of hydrogen-bond acceptors (Lipinski definition) is 8. The summed E-state index contributed by atoms with van der Waals surface area (Å²) in [7, 11) is 0. The zero-order valence-corrected chi connectivity index (χ0v) is 26.7. The molecule has 4 aliphatic rings. The first-order valence-electron chi connectivity index (χ1n) is 16.2. The van der Waals surface area contributed by atoms with E-state index in [2.05, 4.69) is 32.9 Å². The van der Waals surface area contributed by atoms with Gasteiger partial charge in [-0.15, -0.1) is 6.42 Å². The molecule has 3 aliphatic heterocycles. The third-order valence-electron chi connectivity index (χ3n) is 10.1. The van der Waals surface area contributed by atoms with Gasteiger partial charge in [-0.25, -0.2) is 8.78 Å². The van der Waals surface area contributed by atoms with E-state index < -0.39 is 11.6 Å². The molecule has 4 fully saturated rings. The maximum Gasteiger partial charge on any atom is 0.319 e. The summed E-state index contributed by atoms with van der Waals surface area (Å²) in [4.78, 5) is 14.1. The summed E-state index contributed by atoms with van der Waals surface area (Å²) in [5.41, 5.74) is 0.389. The molecule has 4 heterocycles. The molecule has 0 amide bonds. The van der Waals surface area contributed by atoms with Gasteiger partial charge in [0, 0.05) is 83.1 Å². The molecule has 10 heteroatoms. The molecular weight excluding hydrogens is 604 g/mol. The summed E-state index contributed by atoms with van der Waals surface area (Å²) in [5.74, 6) is 2.53. The van der Waals surface area contributed by atoms with Gasteiger partial charge < -0.3 is 25.0 Å². The van der Waals surface area contributed by atoms with Crippen LogP contribution in [0.15, 0.2) is 36.4 Å². The van der Waals surface area contributed by atoms with E-state index in [-0.39, 0.29) is 33.8 Å². The Bertz CT molecular complexity index is 1880. The molecule has 8 rings (SSSR count). The minimum Gasteiger partial charge on any atom is -0.508 e. The van der Waals surface area contributed by atoms with E-state index in [4.69, 9.17) is 16.1 Å². The highest BCUT2D eigenvalue weighted by Gasteiger charge is 2.45. The fraction of sp³-hybridized carbons (Fsp3) is 0.444. The predicted molar refractivity (Wildman–Crippen MR) is 180 cm³/mol. The molecule has 4 aromatic rings. The third kappa shape index (κ3) is 5.42. The van der Waals surface area contributed by atoms with Gasteiger partial charge >= 0.3 is 6.01 Å². The van der Waals surface area contributed by atoms with Gasteiger partial charge in [-0.05, 0) is 55.3 Å². The van der Waals surface area contributed by atoms with Gasteiger partial charge in [0.05, 0.1) is 12.2 Å². The molecule has 0 spiro atoms. The van der Waals surface area contributed by atoms with Gasteiger partial charge in [-0.1, -0.05) is 25.0 Å². The van der Waals surface area contributed by atoms with Crippen molar-refractivity contribution in [3.8, 4) is 35.2 Å². The van der Waals surface area contributed by atoms with Crippen LogP contribution in [0.4, 0.5) is 14.6 Å². The molecule has 2 N–H and O–H groups in total. The summed E-state index contributed by atoms with van der Waals surface area (Å²) in [6, 6.07) is 10.2. The average Bonchev–Trinajstić information content (AvgIpc) is 3.72. The maximum atomic E-state index is 16.9. The van der Waals surface area contributed by atoms with Crippen molar-refractivity contribution in [3.05, 3.63) is 53.6 Å². The number of rotatable bonds is 7. The Morgan fingerprint density at radius 3 is 2.67 bits per heavy atom. The lowest BCUT2D eigenvalue weighted by molar-refractivity contribution is 0.157. The fourth-order valence-corrected chi connectivity index (χ4v) is 8.75. The van der Waals surface area contributed by atoms with Crippen molar-refractivity contribution < 1.29 is 18.6 Å². The Morgan fingerprint density at radius 1 is 1.13 bits per heavy atom. The van der Waals surface area contributed by atoms with Crippen LogP contribution in [0.2, 0.25) is 0 Å². The highest BCUT2D eigenvalue weighted by Crippen LogP contribution is 2.47. The predicted octanol–water partition coefficient (Wildman–Crippen LogP) is 5.95. The SMILES string of the molecule is C#Cc1cccc2cc(O)cc(-c3c(F)cc4c(N5CC6CCC(C5)N6)nc(OCC5(CN6CCS[C@H](C)C6)CC5)nc4c3F)c12. The number of ether oxygens (including phenoxy) is 1. The van der Waals surface area contributed by atoms with E-state index in [9.17, 15) is 5.11 Å². The topological polar surface area (TPSA) is 73.8 Å². The highest BCUT2D eigenvalue weighted by molar-refractivity contribution is 7.99. The Kier molecular flexibility index (Phi) is 7.46. The van der Waals surface area contributed by atoms with Crippen molar-refractivity contribution in [1.29, 1.82) is 0 Å². The molecule has 3 aromatic carbocycles. The number of aromatic nitrogens is 2. The summed E-state index contributed by atoms with van der Waals surface area (Å²) in [6.45, 7) is 7.20. The van der Waals surface area contributed by atoms with Crippen LogP contribution in [0.5, 0.6) is 11.8 Å². The van der Waals surface area contributed by atoms with Gasteiger partial charge in [-0.3, -0.25) is 0 Å². The van der Waals surface area contributed by atoms with Crippen LogP contribution in [0, 0.1) is 29.4 Å². The van der Waals surface area contributed by atoms with E-state index in [1.165, 1.54) is 12.1 Å². The normalized spacial score (nSPS) is 24.0. The van der Waals surface area contributed by atoms with Gasteiger partial charge in [0.25, 0.3) is 0 Å². The molecule has 46 heavy (non-hydrogen) atoms. The van der Waals surface area contributed by atoms with Crippen molar-refractivity contribution in [2.45, 2.75) is 49.9 Å². The second kappa shape index (κ2) is 11.5. The number of phenols is 1. The molecule has 0 radical (unpaired) electrons. The smallest absolute Gasteiger partial charge is 0.319 e. The van der Waals surface area contributed by atoms with Crippen LogP contribution >= 0.6 is 11.8 Å². The molecule has 2 unspecified atom stereocenters. The summed E-state index contributed by atoms with van der Waals surface area (Å²) in [6.07, 6.45) is 10.0. The van der Waals surface area contributed by atoms with E-state index in [0.29, 0.717) is 64.6 Å². The third-order valence-corrected chi connectivity index (χ3v) is 11.2. The van der Waals surface area contributed by atoms with Crippen molar-refractivity contribution in [1.82, 2.24) is 20.2 Å². The summed E-state index contributed by atoms with van der Waals surface area (Å²) >= 11 is 2.02. The summed E-state index contributed by atoms with van der Waals surface area (Å²) in [5, 5.41) is 16.2. The average molecular weight is 642 g/mol. The zero-order chi connectivity index (χ0) is 31.6. The molecule has 3 atom stereocenters. The van der Waals surface area contributed by atoms with E-state index >= 15 is 8.78 Å². The molecule has 2 bridgehead atoms. The summed E-state index contributed by atoms with van der Waals surface area (Å²) < 4.78 is 39.5. The lowest BCUT2D eigenvalue weighted by atomic mass is 9.93. The fourth-order valence-electron chi connectivity index (χ4n) is 7.66. The Morgan fingerprint density at radius 2 is 1.93 bits per heavy atom. The lowest BCUT2D eigenvalue weighted by Crippen LogP contribution is -2.51. The van der Waals surface area contributed by atoms with Crippen LogP contribution in [0.1, 0.15) is 38.2 Å². The largest absolute Gasteiger partial charge is 0.508 e. The van der Waals surface area contributed by atoms with Crippen LogP contribution in [-0.4, -0.2) is 82.4 Å². The molecule has 1 saturated carbocycles. The Hall–Kier alpha value is -3.65. The molecule has 7 nitrogen and oxygen atoms in total. The number of fused-ring (bicyclic) bond motifs is 4. The number of nitrogens with zero attached hydrogens (tertiary/aromatic N) is 4. The number of piperazine rings is 1. The molecular formula is C36H37F2N5O2S.